The summed E-state index contributed by atoms with van der Waals surface area (Å²) in [6.07, 6.45) is 0. The number of para-hydroxylation sites is 1. The SMILES string of the molecule is COc1ccc([C@H](C[N+](=O)[O-])c2c(-c3ccc(Cl)cc3)[nH]c3ccccc23)cc1OC. The second-order valence-electron chi connectivity index (χ2n) is 7.15. The molecule has 31 heavy (non-hydrogen) atoms. The fourth-order valence-electron chi connectivity index (χ4n) is 3.95. The smallest absolute Gasteiger partial charge is 0.214 e. The second kappa shape index (κ2) is 8.70. The number of hydrogen-bond donors (Lipinski definition) is 1. The summed E-state index contributed by atoms with van der Waals surface area (Å²) in [7, 11) is 3.11. The number of fused-ring (bicyclic) bond motifs is 1. The number of halogens is 1. The fraction of sp³-hybridized carbons (Fsp3) is 0.167. The molecule has 3 aromatic carbocycles. The summed E-state index contributed by atoms with van der Waals surface area (Å²) >= 11 is 6.08. The highest BCUT2D eigenvalue weighted by Crippen LogP contribution is 2.41. The van der Waals surface area contributed by atoms with Crippen molar-refractivity contribution in [2.24, 2.45) is 0 Å². The predicted octanol–water partition coefficient (Wildman–Crippen LogP) is 5.91. The van der Waals surface area contributed by atoms with E-state index in [-0.39, 0.29) is 11.5 Å². The third-order valence-electron chi connectivity index (χ3n) is 5.37. The van der Waals surface area contributed by atoms with Crippen molar-refractivity contribution in [1.82, 2.24) is 4.98 Å². The largest absolute Gasteiger partial charge is 0.493 e. The molecule has 0 saturated carbocycles. The Morgan fingerprint density at radius 3 is 2.39 bits per heavy atom. The predicted molar refractivity (Wildman–Crippen MR) is 122 cm³/mol. The zero-order valence-corrected chi connectivity index (χ0v) is 17.8. The van der Waals surface area contributed by atoms with Gasteiger partial charge in [0.05, 0.1) is 25.8 Å². The lowest BCUT2D eigenvalue weighted by Gasteiger charge is -2.18. The summed E-state index contributed by atoms with van der Waals surface area (Å²) in [5, 5.41) is 13.3. The number of nitrogens with one attached hydrogen (secondary N) is 1. The third kappa shape index (κ3) is 4.07. The zero-order valence-electron chi connectivity index (χ0n) is 17.1. The number of methoxy groups -OCH3 is 2. The van der Waals surface area contributed by atoms with Gasteiger partial charge in [-0.25, -0.2) is 0 Å². The van der Waals surface area contributed by atoms with Crippen molar-refractivity contribution in [2.75, 3.05) is 20.8 Å². The summed E-state index contributed by atoms with van der Waals surface area (Å²) in [6, 6.07) is 20.7. The molecule has 0 aliphatic rings. The number of nitro groups is 1. The lowest BCUT2D eigenvalue weighted by atomic mass is 9.87. The first kappa shape index (κ1) is 20.8. The first-order valence-corrected chi connectivity index (χ1v) is 10.1. The molecular formula is C24H21ClN2O4. The molecule has 1 N–H and O–H groups in total. The Balaban J connectivity index is 1.97. The van der Waals surface area contributed by atoms with Crippen LogP contribution >= 0.6 is 11.6 Å². The van der Waals surface area contributed by atoms with Crippen LogP contribution in [0.3, 0.4) is 0 Å². The number of benzene rings is 3. The number of aromatic nitrogens is 1. The van der Waals surface area contributed by atoms with Gasteiger partial charge in [0.25, 0.3) is 0 Å². The molecule has 0 amide bonds. The molecule has 0 unspecified atom stereocenters. The summed E-state index contributed by atoms with van der Waals surface area (Å²) in [5.74, 6) is 0.598. The third-order valence-corrected chi connectivity index (χ3v) is 5.62. The minimum absolute atomic E-state index is 0.266. The molecule has 4 aromatic rings. The van der Waals surface area contributed by atoms with Gasteiger partial charge in [0.1, 0.15) is 0 Å². The number of aromatic amines is 1. The standard InChI is InChI=1S/C24H21ClN2O4/c1-30-21-12-9-16(13-22(21)31-2)19(14-27(28)29)23-18-5-3-4-6-20(18)26-24(23)15-7-10-17(25)11-8-15/h3-13,19,26H,14H2,1-2H3/t19-/m0/s1. The molecular weight excluding hydrogens is 416 g/mol. The van der Waals surface area contributed by atoms with Gasteiger partial charge in [0.2, 0.25) is 6.54 Å². The summed E-state index contributed by atoms with van der Waals surface area (Å²) in [4.78, 5) is 14.9. The molecule has 1 atom stereocenters. The molecule has 6 nitrogen and oxygen atoms in total. The topological polar surface area (TPSA) is 77.4 Å². The molecule has 0 radical (unpaired) electrons. The molecule has 0 spiro atoms. The van der Waals surface area contributed by atoms with Crippen LogP contribution in [0.1, 0.15) is 17.0 Å². The van der Waals surface area contributed by atoms with Crippen molar-refractivity contribution in [3.63, 3.8) is 0 Å². The van der Waals surface area contributed by atoms with Crippen LogP contribution in [0, 0.1) is 10.1 Å². The quantitative estimate of drug-likeness (QED) is 0.288. The Bertz CT molecular complexity index is 1230. The number of nitrogens with zero attached hydrogens (tertiary/aromatic N) is 1. The van der Waals surface area contributed by atoms with Gasteiger partial charge in [-0.2, -0.15) is 0 Å². The van der Waals surface area contributed by atoms with E-state index < -0.39 is 5.92 Å². The van der Waals surface area contributed by atoms with Gasteiger partial charge >= 0.3 is 0 Å². The van der Waals surface area contributed by atoms with Crippen molar-refractivity contribution in [3.8, 4) is 22.8 Å². The van der Waals surface area contributed by atoms with Crippen molar-refractivity contribution in [1.29, 1.82) is 0 Å². The van der Waals surface area contributed by atoms with Crippen LogP contribution in [-0.4, -0.2) is 30.7 Å². The first-order valence-electron chi connectivity index (χ1n) is 9.72. The summed E-state index contributed by atoms with van der Waals surface area (Å²) < 4.78 is 10.8. The maximum absolute atomic E-state index is 11.7. The molecule has 1 heterocycles. The summed E-state index contributed by atoms with van der Waals surface area (Å²) in [6.45, 7) is -0.266. The minimum atomic E-state index is -0.503. The Hall–Kier alpha value is -3.51. The van der Waals surface area contributed by atoms with Crippen molar-refractivity contribution >= 4 is 22.5 Å². The van der Waals surface area contributed by atoms with Gasteiger partial charge in [0.15, 0.2) is 11.5 Å². The average Bonchev–Trinajstić information content (AvgIpc) is 3.16. The Morgan fingerprint density at radius 2 is 1.71 bits per heavy atom. The second-order valence-corrected chi connectivity index (χ2v) is 7.58. The molecule has 0 aliphatic carbocycles. The molecule has 0 bridgehead atoms. The van der Waals surface area contributed by atoms with Gasteiger partial charge in [-0.05, 0) is 47.0 Å². The molecule has 7 heteroatoms. The fourth-order valence-corrected chi connectivity index (χ4v) is 4.08. The maximum Gasteiger partial charge on any atom is 0.214 e. The van der Waals surface area contributed by atoms with E-state index in [9.17, 15) is 10.1 Å². The van der Waals surface area contributed by atoms with E-state index in [1.165, 1.54) is 0 Å². The van der Waals surface area contributed by atoms with Gasteiger partial charge < -0.3 is 14.5 Å². The lowest BCUT2D eigenvalue weighted by molar-refractivity contribution is -0.481. The lowest BCUT2D eigenvalue weighted by Crippen LogP contribution is -2.15. The number of hydrogen-bond acceptors (Lipinski definition) is 4. The van der Waals surface area contributed by atoms with Crippen LogP contribution in [0.15, 0.2) is 66.7 Å². The highest BCUT2D eigenvalue weighted by Gasteiger charge is 2.28. The van der Waals surface area contributed by atoms with E-state index in [4.69, 9.17) is 21.1 Å². The molecule has 4 rings (SSSR count). The molecule has 158 valence electrons. The minimum Gasteiger partial charge on any atom is -0.493 e. The molecule has 0 fully saturated rings. The normalized spacial score (nSPS) is 12.0. The van der Waals surface area contributed by atoms with Gasteiger partial charge in [-0.15, -0.1) is 0 Å². The monoisotopic (exact) mass is 436 g/mol. The number of ether oxygens (including phenoxy) is 2. The van der Waals surface area contributed by atoms with Crippen molar-refractivity contribution in [3.05, 3.63) is 93.0 Å². The highest BCUT2D eigenvalue weighted by atomic mass is 35.5. The van der Waals surface area contributed by atoms with Crippen LogP contribution in [0.5, 0.6) is 11.5 Å². The first-order chi connectivity index (χ1) is 15.0. The molecule has 0 saturated heterocycles. The Labute approximate surface area is 184 Å². The van der Waals surface area contributed by atoms with Gasteiger partial charge in [-0.3, -0.25) is 10.1 Å². The van der Waals surface area contributed by atoms with Crippen LogP contribution in [0.25, 0.3) is 22.2 Å². The number of H-pyrrole nitrogens is 1. The number of rotatable bonds is 7. The molecule has 0 aliphatic heterocycles. The van der Waals surface area contributed by atoms with Crippen molar-refractivity contribution in [2.45, 2.75) is 5.92 Å². The van der Waals surface area contributed by atoms with Crippen LogP contribution in [0.2, 0.25) is 5.02 Å². The van der Waals surface area contributed by atoms with E-state index in [0.29, 0.717) is 16.5 Å². The van der Waals surface area contributed by atoms with Crippen LogP contribution in [-0.2, 0) is 0 Å². The van der Waals surface area contributed by atoms with Crippen molar-refractivity contribution < 1.29 is 14.4 Å². The Kier molecular flexibility index (Phi) is 5.82. The van der Waals surface area contributed by atoms with Gasteiger partial charge in [0, 0.05) is 20.8 Å². The highest BCUT2D eigenvalue weighted by molar-refractivity contribution is 6.30. The summed E-state index contributed by atoms with van der Waals surface area (Å²) in [5.41, 5.74) is 4.29. The zero-order chi connectivity index (χ0) is 22.0. The van der Waals surface area contributed by atoms with E-state index in [1.54, 1.807) is 26.4 Å². The van der Waals surface area contributed by atoms with Crippen LogP contribution < -0.4 is 9.47 Å². The van der Waals surface area contributed by atoms with E-state index in [0.717, 1.165) is 33.3 Å². The van der Waals surface area contributed by atoms with Gasteiger partial charge in [-0.1, -0.05) is 48.0 Å². The maximum atomic E-state index is 11.7. The van der Waals surface area contributed by atoms with E-state index in [2.05, 4.69) is 4.98 Å². The van der Waals surface area contributed by atoms with Crippen LogP contribution in [0.4, 0.5) is 0 Å². The molecule has 1 aromatic heterocycles. The Morgan fingerprint density at radius 1 is 1.00 bits per heavy atom. The van der Waals surface area contributed by atoms with E-state index >= 15 is 0 Å². The van der Waals surface area contributed by atoms with E-state index in [1.807, 2.05) is 54.6 Å². The average molecular weight is 437 g/mol.